The van der Waals surface area contributed by atoms with Gasteiger partial charge in [-0.25, -0.2) is 0 Å². The Morgan fingerprint density at radius 2 is 1.97 bits per heavy atom. The lowest BCUT2D eigenvalue weighted by atomic mass is 10.1. The van der Waals surface area contributed by atoms with E-state index >= 15 is 0 Å². The molecule has 148 valence electrons. The average Bonchev–Trinajstić information content (AvgIpc) is 3.35. The normalized spacial score (nSPS) is 11.1. The summed E-state index contributed by atoms with van der Waals surface area (Å²) in [6.45, 7) is 2.70. The second kappa shape index (κ2) is 8.71. The van der Waals surface area contributed by atoms with Crippen molar-refractivity contribution in [1.29, 1.82) is 0 Å². The van der Waals surface area contributed by atoms with E-state index in [0.717, 1.165) is 28.6 Å². The molecule has 0 atom stereocenters. The molecule has 0 aliphatic heterocycles. The van der Waals surface area contributed by atoms with Gasteiger partial charge < -0.3 is 10.3 Å². The van der Waals surface area contributed by atoms with Crippen LogP contribution in [0.25, 0.3) is 28.0 Å². The van der Waals surface area contributed by atoms with E-state index in [1.54, 1.807) is 0 Å². The lowest BCUT2D eigenvalue weighted by Crippen LogP contribution is -2.25. The number of nitrogens with zero attached hydrogens (tertiary/aromatic N) is 3. The van der Waals surface area contributed by atoms with Crippen molar-refractivity contribution in [3.05, 3.63) is 59.8 Å². The fraction of sp³-hybridized carbons (Fsp3) is 0.190. The van der Waals surface area contributed by atoms with Gasteiger partial charge in [0.2, 0.25) is 5.91 Å². The third kappa shape index (κ3) is 4.16. The van der Waals surface area contributed by atoms with Gasteiger partial charge in [0.05, 0.1) is 5.75 Å². The standard InChI is InChI=1S/C21H20ClN5OS/c1-2-11-23-19(28)13-29-21-26-25-20(27(21)15-9-7-14(22)8-10-15)17-12-24-18-6-4-3-5-16(17)18/h3-10,12,24H,2,11,13H2,1H3,(H,23,28). The van der Waals surface area contributed by atoms with Gasteiger partial charge in [-0.2, -0.15) is 0 Å². The maximum absolute atomic E-state index is 12.1. The number of nitrogens with one attached hydrogen (secondary N) is 2. The molecule has 0 radical (unpaired) electrons. The Labute approximate surface area is 177 Å². The maximum Gasteiger partial charge on any atom is 0.230 e. The number of aromatic amines is 1. The number of amides is 1. The smallest absolute Gasteiger partial charge is 0.230 e. The zero-order valence-corrected chi connectivity index (χ0v) is 17.4. The highest BCUT2D eigenvalue weighted by Gasteiger charge is 2.19. The van der Waals surface area contributed by atoms with Crippen molar-refractivity contribution in [1.82, 2.24) is 25.1 Å². The van der Waals surface area contributed by atoms with Crippen LogP contribution in [0.15, 0.2) is 59.9 Å². The summed E-state index contributed by atoms with van der Waals surface area (Å²) in [5.74, 6) is 0.969. The molecule has 2 aromatic carbocycles. The molecular weight excluding hydrogens is 406 g/mol. The molecule has 1 amide bonds. The number of para-hydroxylation sites is 1. The van der Waals surface area contributed by atoms with E-state index in [0.29, 0.717) is 22.5 Å². The van der Waals surface area contributed by atoms with Gasteiger partial charge in [0.1, 0.15) is 0 Å². The van der Waals surface area contributed by atoms with Crippen molar-refractivity contribution in [2.45, 2.75) is 18.5 Å². The molecule has 0 aliphatic carbocycles. The third-order valence-electron chi connectivity index (χ3n) is 4.45. The van der Waals surface area contributed by atoms with Crippen LogP contribution in [0, 0.1) is 0 Å². The van der Waals surface area contributed by atoms with Gasteiger partial charge in [0.25, 0.3) is 0 Å². The van der Waals surface area contributed by atoms with Crippen molar-refractivity contribution in [3.8, 4) is 17.1 Å². The number of carbonyl (C=O) groups is 1. The molecule has 0 fully saturated rings. The van der Waals surface area contributed by atoms with E-state index in [2.05, 4.69) is 20.5 Å². The van der Waals surface area contributed by atoms with Gasteiger partial charge >= 0.3 is 0 Å². The van der Waals surface area contributed by atoms with Crippen LogP contribution in [0.2, 0.25) is 5.02 Å². The topological polar surface area (TPSA) is 75.6 Å². The summed E-state index contributed by atoms with van der Waals surface area (Å²) in [4.78, 5) is 15.4. The molecule has 0 bridgehead atoms. The minimum absolute atomic E-state index is 0.0175. The maximum atomic E-state index is 12.1. The monoisotopic (exact) mass is 425 g/mol. The number of H-pyrrole nitrogens is 1. The molecule has 6 nitrogen and oxygen atoms in total. The first-order valence-electron chi connectivity index (χ1n) is 9.34. The van der Waals surface area contributed by atoms with E-state index in [9.17, 15) is 4.79 Å². The SMILES string of the molecule is CCCNC(=O)CSc1nnc(-c2c[nH]c3ccccc23)n1-c1ccc(Cl)cc1. The number of hydrogen-bond acceptors (Lipinski definition) is 4. The third-order valence-corrected chi connectivity index (χ3v) is 5.63. The second-order valence-electron chi connectivity index (χ2n) is 6.50. The quantitative estimate of drug-likeness (QED) is 0.421. The lowest BCUT2D eigenvalue weighted by molar-refractivity contribution is -0.118. The summed E-state index contributed by atoms with van der Waals surface area (Å²) >= 11 is 7.44. The molecular formula is C21H20ClN5OS. The molecule has 4 rings (SSSR count). The van der Waals surface area contributed by atoms with Crippen molar-refractivity contribution in [2.75, 3.05) is 12.3 Å². The molecule has 2 N–H and O–H groups in total. The van der Waals surface area contributed by atoms with Gasteiger partial charge in [-0.1, -0.05) is 48.5 Å². The number of benzene rings is 2. The molecule has 0 saturated carbocycles. The van der Waals surface area contributed by atoms with Crippen LogP contribution in [0.1, 0.15) is 13.3 Å². The fourth-order valence-electron chi connectivity index (χ4n) is 3.06. The summed E-state index contributed by atoms with van der Waals surface area (Å²) in [5, 5.41) is 14.1. The van der Waals surface area contributed by atoms with Crippen LogP contribution in [0.4, 0.5) is 0 Å². The van der Waals surface area contributed by atoms with Crippen molar-refractivity contribution in [2.24, 2.45) is 0 Å². The predicted molar refractivity (Wildman–Crippen MR) is 118 cm³/mol. The second-order valence-corrected chi connectivity index (χ2v) is 7.88. The minimum Gasteiger partial charge on any atom is -0.360 e. The van der Waals surface area contributed by atoms with Crippen LogP contribution in [0.5, 0.6) is 0 Å². The Morgan fingerprint density at radius 1 is 1.17 bits per heavy atom. The first kappa shape index (κ1) is 19.5. The molecule has 0 saturated heterocycles. The largest absolute Gasteiger partial charge is 0.360 e. The number of thioether (sulfide) groups is 1. The molecule has 0 spiro atoms. The Bertz CT molecular complexity index is 1140. The first-order chi connectivity index (χ1) is 14.2. The van der Waals surface area contributed by atoms with Crippen LogP contribution >= 0.6 is 23.4 Å². The lowest BCUT2D eigenvalue weighted by Gasteiger charge is -2.10. The first-order valence-corrected chi connectivity index (χ1v) is 10.7. The van der Waals surface area contributed by atoms with Gasteiger partial charge in [-0.15, -0.1) is 10.2 Å². The number of hydrogen-bond donors (Lipinski definition) is 2. The van der Waals surface area contributed by atoms with Gasteiger partial charge in [-0.05, 0) is 36.8 Å². The zero-order valence-electron chi connectivity index (χ0n) is 15.9. The fourth-order valence-corrected chi connectivity index (χ4v) is 3.97. The molecule has 2 aromatic heterocycles. The van der Waals surface area contributed by atoms with E-state index in [1.807, 2.05) is 66.2 Å². The van der Waals surface area contributed by atoms with Gasteiger partial charge in [0, 0.05) is 39.9 Å². The van der Waals surface area contributed by atoms with Crippen molar-refractivity contribution < 1.29 is 4.79 Å². The number of rotatable bonds is 7. The van der Waals surface area contributed by atoms with E-state index < -0.39 is 0 Å². The summed E-state index contributed by atoms with van der Waals surface area (Å²) in [6, 6.07) is 15.6. The number of carbonyl (C=O) groups excluding carboxylic acids is 1. The predicted octanol–water partition coefficient (Wildman–Crippen LogP) is 4.69. The van der Waals surface area contributed by atoms with Crippen LogP contribution in [0.3, 0.4) is 0 Å². The molecule has 29 heavy (non-hydrogen) atoms. The summed E-state index contributed by atoms with van der Waals surface area (Å²) in [5.41, 5.74) is 2.86. The summed E-state index contributed by atoms with van der Waals surface area (Å²) < 4.78 is 1.96. The highest BCUT2D eigenvalue weighted by molar-refractivity contribution is 7.99. The average molecular weight is 426 g/mol. The van der Waals surface area contributed by atoms with Crippen LogP contribution < -0.4 is 5.32 Å². The van der Waals surface area contributed by atoms with E-state index in [-0.39, 0.29) is 11.7 Å². The highest BCUT2D eigenvalue weighted by Crippen LogP contribution is 2.32. The van der Waals surface area contributed by atoms with E-state index in [1.165, 1.54) is 11.8 Å². The van der Waals surface area contributed by atoms with Crippen LogP contribution in [-0.2, 0) is 4.79 Å². The Morgan fingerprint density at radius 3 is 2.76 bits per heavy atom. The highest BCUT2D eigenvalue weighted by atomic mass is 35.5. The summed E-state index contributed by atoms with van der Waals surface area (Å²) in [6.07, 6.45) is 2.84. The van der Waals surface area contributed by atoms with Crippen molar-refractivity contribution >= 4 is 40.2 Å². The Kier molecular flexibility index (Phi) is 5.87. The van der Waals surface area contributed by atoms with Crippen LogP contribution in [-0.4, -0.2) is 38.0 Å². The molecule has 2 heterocycles. The van der Waals surface area contributed by atoms with Crippen molar-refractivity contribution in [3.63, 3.8) is 0 Å². The number of halogens is 1. The van der Waals surface area contributed by atoms with Gasteiger partial charge in [-0.3, -0.25) is 9.36 Å². The Balaban J connectivity index is 1.75. The van der Waals surface area contributed by atoms with Gasteiger partial charge in [0.15, 0.2) is 11.0 Å². The zero-order chi connectivity index (χ0) is 20.2. The Hall–Kier alpha value is -2.77. The molecule has 4 aromatic rings. The molecule has 0 aliphatic rings. The summed E-state index contributed by atoms with van der Waals surface area (Å²) in [7, 11) is 0. The number of aromatic nitrogens is 4. The van der Waals surface area contributed by atoms with E-state index in [4.69, 9.17) is 11.6 Å². The molecule has 0 unspecified atom stereocenters. The number of fused-ring (bicyclic) bond motifs is 1. The molecule has 8 heteroatoms. The minimum atomic E-state index is -0.0175.